The number of hydrogen-bond donors (Lipinski definition) is 1. The third kappa shape index (κ3) is 5.06. The van der Waals surface area contributed by atoms with Crippen molar-refractivity contribution in [3.8, 4) is 0 Å². The molecule has 0 aliphatic carbocycles. The smallest absolute Gasteiger partial charge is 0.422 e. The van der Waals surface area contributed by atoms with Crippen LogP contribution in [0, 0.1) is 10.1 Å². The monoisotopic (exact) mass is 351 g/mol. The summed E-state index contributed by atoms with van der Waals surface area (Å²) in [6, 6.07) is 0. The maximum absolute atomic E-state index is 12.2. The number of halogens is 6. The minimum absolute atomic E-state index is 0.141. The van der Waals surface area contributed by atoms with Crippen LogP contribution in [-0.2, 0) is 9.47 Å². The second kappa shape index (κ2) is 6.31. The van der Waals surface area contributed by atoms with Crippen molar-refractivity contribution in [1.82, 2.24) is 0 Å². The molecular weight excluding hydrogens is 340 g/mol. The largest absolute Gasteiger partial charge is 0.479 e. The number of ether oxygens (including phenoxy) is 2. The normalized spacial score (nSPS) is 25.7. The summed E-state index contributed by atoms with van der Waals surface area (Å²) in [7, 11) is 0. The number of hydrogen-bond acceptors (Lipinski definition) is 6. The fraction of sp³-hybridized carbons (Fsp3) is 0.700. The van der Waals surface area contributed by atoms with E-state index in [9.17, 15) is 36.5 Å². The summed E-state index contributed by atoms with van der Waals surface area (Å²) in [6.07, 6.45) is -11.1. The van der Waals surface area contributed by atoms with E-state index < -0.39 is 48.1 Å². The van der Waals surface area contributed by atoms with Crippen LogP contribution in [0.2, 0.25) is 0 Å². The van der Waals surface area contributed by atoms with Gasteiger partial charge in [0.25, 0.3) is 0 Å². The van der Waals surface area contributed by atoms with Crippen molar-refractivity contribution >= 4 is 5.71 Å². The van der Waals surface area contributed by atoms with Crippen molar-refractivity contribution in [1.29, 1.82) is 0 Å². The van der Waals surface area contributed by atoms with Crippen LogP contribution < -0.4 is 5.73 Å². The van der Waals surface area contributed by atoms with Crippen LogP contribution in [0.5, 0.6) is 0 Å². The molecule has 1 aliphatic rings. The van der Waals surface area contributed by atoms with Crippen molar-refractivity contribution in [2.75, 3.05) is 13.2 Å². The maximum atomic E-state index is 12.2. The van der Waals surface area contributed by atoms with E-state index in [2.05, 4.69) is 14.5 Å². The Labute approximate surface area is 124 Å². The summed E-state index contributed by atoms with van der Waals surface area (Å²) in [5.41, 5.74) is 2.19. The Hall–Kier alpha value is -1.89. The Morgan fingerprint density at radius 2 is 1.83 bits per heavy atom. The number of allylic oxidation sites excluding steroid dienone is 1. The van der Waals surface area contributed by atoms with Gasteiger partial charge in [0.15, 0.2) is 12.4 Å². The van der Waals surface area contributed by atoms with Gasteiger partial charge in [0, 0.05) is 11.8 Å². The Morgan fingerprint density at radius 3 is 2.26 bits per heavy atom. The molecule has 1 aliphatic heterocycles. The Kier molecular flexibility index (Phi) is 5.26. The predicted octanol–water partition coefficient (Wildman–Crippen LogP) is 1.76. The van der Waals surface area contributed by atoms with E-state index >= 15 is 0 Å². The van der Waals surface area contributed by atoms with Gasteiger partial charge in [-0.15, -0.1) is 0 Å². The van der Waals surface area contributed by atoms with Crippen LogP contribution in [0.3, 0.4) is 0 Å². The minimum atomic E-state index is -4.84. The quantitative estimate of drug-likeness (QED) is 0.352. The molecule has 7 nitrogen and oxygen atoms in total. The molecule has 0 fully saturated rings. The molecule has 2 N–H and O–H groups in total. The summed E-state index contributed by atoms with van der Waals surface area (Å²) in [5.74, 6) is -1.00. The van der Waals surface area contributed by atoms with E-state index in [0.717, 1.165) is 6.08 Å². The van der Waals surface area contributed by atoms with E-state index in [1.165, 1.54) is 6.92 Å². The molecule has 23 heavy (non-hydrogen) atoms. The molecule has 2 atom stereocenters. The first-order chi connectivity index (χ1) is 10.3. The molecule has 0 aromatic heterocycles. The van der Waals surface area contributed by atoms with Crippen molar-refractivity contribution in [3.05, 3.63) is 21.9 Å². The first kappa shape index (κ1) is 19.2. The molecule has 13 heteroatoms. The van der Waals surface area contributed by atoms with Gasteiger partial charge in [-0.25, -0.2) is 4.99 Å². The van der Waals surface area contributed by atoms with Crippen LogP contribution in [0.15, 0.2) is 16.8 Å². The lowest BCUT2D eigenvalue weighted by Gasteiger charge is -2.31. The molecule has 0 saturated heterocycles. The maximum Gasteiger partial charge on any atom is 0.422 e. The number of dihydropyridines is 1. The summed E-state index contributed by atoms with van der Waals surface area (Å²) < 4.78 is 81.7. The molecule has 0 amide bonds. The molecule has 0 spiro atoms. The van der Waals surface area contributed by atoms with E-state index in [1.54, 1.807) is 0 Å². The minimum Gasteiger partial charge on any atom is -0.479 e. The zero-order chi connectivity index (χ0) is 18.1. The molecule has 132 valence electrons. The molecule has 0 radical (unpaired) electrons. The standard InChI is InChI=1S/C10H11F6N3O4/c1-5-2-6(22-3-8(11,12)13)10(17,19(20)21)7(18-5)23-4-9(14,15)16/h2,7H,3-4,17H2,1H3. The number of nitro groups is 1. The third-order valence-corrected chi connectivity index (χ3v) is 2.53. The lowest BCUT2D eigenvalue weighted by Crippen LogP contribution is -2.61. The van der Waals surface area contributed by atoms with Crippen molar-refractivity contribution < 1.29 is 40.7 Å². The number of nitrogens with two attached hydrogens (primary N) is 1. The van der Waals surface area contributed by atoms with Crippen LogP contribution >= 0.6 is 0 Å². The highest BCUT2D eigenvalue weighted by atomic mass is 19.4. The molecule has 1 heterocycles. The zero-order valence-corrected chi connectivity index (χ0v) is 11.4. The van der Waals surface area contributed by atoms with E-state index in [-0.39, 0.29) is 5.71 Å². The molecule has 1 rings (SSSR count). The van der Waals surface area contributed by atoms with Gasteiger partial charge in [0.05, 0.1) is 4.92 Å². The molecule has 0 bridgehead atoms. The van der Waals surface area contributed by atoms with Crippen molar-refractivity contribution in [2.45, 2.75) is 31.2 Å². The SMILES string of the molecule is CC1=NC(OCC(F)(F)F)C(N)([N+](=O)[O-])C(OCC(F)(F)F)=C1. The Balaban J connectivity index is 3.08. The predicted molar refractivity (Wildman–Crippen MR) is 62.9 cm³/mol. The van der Waals surface area contributed by atoms with Crippen LogP contribution in [-0.4, -0.2) is 48.1 Å². The topological polar surface area (TPSA) is 100.0 Å². The summed E-state index contributed by atoms with van der Waals surface area (Å²) in [6.45, 7) is -2.65. The first-order valence-electron chi connectivity index (χ1n) is 5.83. The second-order valence-corrected chi connectivity index (χ2v) is 4.54. The highest BCUT2D eigenvalue weighted by Crippen LogP contribution is 2.31. The van der Waals surface area contributed by atoms with Gasteiger partial charge < -0.3 is 9.47 Å². The lowest BCUT2D eigenvalue weighted by atomic mass is 10.0. The van der Waals surface area contributed by atoms with E-state index in [0.29, 0.717) is 0 Å². The number of aliphatic imine (C=N–C) groups is 1. The van der Waals surface area contributed by atoms with Crippen LogP contribution in [0.25, 0.3) is 0 Å². The van der Waals surface area contributed by atoms with Crippen LogP contribution in [0.4, 0.5) is 26.3 Å². The van der Waals surface area contributed by atoms with Gasteiger partial charge in [0.2, 0.25) is 6.23 Å². The van der Waals surface area contributed by atoms with Gasteiger partial charge in [-0.05, 0) is 6.92 Å². The zero-order valence-electron chi connectivity index (χ0n) is 11.4. The Bertz CT molecular complexity index is 530. The van der Waals surface area contributed by atoms with Gasteiger partial charge in [-0.3, -0.25) is 15.8 Å². The van der Waals surface area contributed by atoms with Crippen molar-refractivity contribution in [2.24, 2.45) is 10.7 Å². The van der Waals surface area contributed by atoms with E-state index in [4.69, 9.17) is 5.73 Å². The Morgan fingerprint density at radius 1 is 1.30 bits per heavy atom. The van der Waals surface area contributed by atoms with Crippen LogP contribution in [0.1, 0.15) is 6.92 Å². The number of nitrogens with zero attached hydrogens (tertiary/aromatic N) is 2. The summed E-state index contributed by atoms with van der Waals surface area (Å²) in [5, 5.41) is 11.1. The average molecular weight is 351 g/mol. The second-order valence-electron chi connectivity index (χ2n) is 4.54. The fourth-order valence-corrected chi connectivity index (χ4v) is 1.58. The van der Waals surface area contributed by atoms with E-state index in [1.807, 2.05) is 0 Å². The summed E-state index contributed by atoms with van der Waals surface area (Å²) in [4.78, 5) is 13.2. The van der Waals surface area contributed by atoms with Gasteiger partial charge >= 0.3 is 18.0 Å². The van der Waals surface area contributed by atoms with Gasteiger partial charge in [-0.1, -0.05) is 0 Å². The molecular formula is C10H11F6N3O4. The third-order valence-electron chi connectivity index (χ3n) is 2.53. The molecule has 0 saturated carbocycles. The van der Waals surface area contributed by atoms with Crippen molar-refractivity contribution in [3.63, 3.8) is 0 Å². The number of rotatable bonds is 5. The number of alkyl halides is 6. The highest BCUT2D eigenvalue weighted by molar-refractivity contribution is 5.94. The first-order valence-corrected chi connectivity index (χ1v) is 5.83. The van der Waals surface area contributed by atoms with Gasteiger partial charge in [-0.2, -0.15) is 26.3 Å². The molecule has 0 aromatic rings. The molecule has 2 unspecified atom stereocenters. The molecule has 0 aromatic carbocycles. The highest BCUT2D eigenvalue weighted by Gasteiger charge is 2.57. The average Bonchev–Trinajstić information content (AvgIpc) is 2.35. The lowest BCUT2D eigenvalue weighted by molar-refractivity contribution is -0.577. The fourth-order valence-electron chi connectivity index (χ4n) is 1.58. The summed E-state index contributed by atoms with van der Waals surface area (Å²) >= 11 is 0. The van der Waals surface area contributed by atoms with Gasteiger partial charge in [0.1, 0.15) is 6.61 Å².